The lowest BCUT2D eigenvalue weighted by molar-refractivity contribution is 0.0957. The summed E-state index contributed by atoms with van der Waals surface area (Å²) < 4.78 is 0. The van der Waals surface area contributed by atoms with Crippen LogP contribution in [0.4, 0.5) is 5.69 Å². The molecule has 0 aliphatic heterocycles. The Balaban J connectivity index is 2.87. The zero-order chi connectivity index (χ0) is 11.3. The summed E-state index contributed by atoms with van der Waals surface area (Å²) in [6, 6.07) is 7.56. The van der Waals surface area contributed by atoms with E-state index in [4.69, 9.17) is 0 Å². The van der Waals surface area contributed by atoms with E-state index in [2.05, 4.69) is 21.2 Å². The average Bonchev–Trinajstić information content (AvgIpc) is 2.25. The summed E-state index contributed by atoms with van der Waals surface area (Å²) in [7, 11) is 3.85. The quantitative estimate of drug-likeness (QED) is 0.848. The number of nitrogens with one attached hydrogen (secondary N) is 1. The van der Waals surface area contributed by atoms with Crippen molar-refractivity contribution in [2.45, 2.75) is 0 Å². The number of benzene rings is 1. The van der Waals surface area contributed by atoms with E-state index in [9.17, 15) is 4.79 Å². The van der Waals surface area contributed by atoms with Crippen LogP contribution in [0.5, 0.6) is 0 Å². The maximum atomic E-state index is 11.8. The number of amides is 1. The van der Waals surface area contributed by atoms with Crippen LogP contribution in [0.2, 0.25) is 0 Å². The fourth-order valence-electron chi connectivity index (χ4n) is 1.31. The average molecular weight is 271 g/mol. The molecule has 1 rings (SSSR count). The van der Waals surface area contributed by atoms with Crippen LogP contribution in [0.25, 0.3) is 0 Å². The van der Waals surface area contributed by atoms with E-state index in [-0.39, 0.29) is 5.91 Å². The summed E-state index contributed by atoms with van der Waals surface area (Å²) in [6.45, 7) is 0.639. The Hall–Kier alpha value is -1.03. The predicted molar refractivity (Wildman–Crippen MR) is 66.9 cm³/mol. The van der Waals surface area contributed by atoms with Gasteiger partial charge in [0, 0.05) is 31.7 Å². The Morgan fingerprint density at radius 1 is 1.40 bits per heavy atom. The maximum absolute atomic E-state index is 11.8. The van der Waals surface area contributed by atoms with E-state index in [0.29, 0.717) is 12.1 Å². The molecule has 0 bridgehead atoms. The van der Waals surface area contributed by atoms with Crippen molar-refractivity contribution < 1.29 is 4.79 Å². The van der Waals surface area contributed by atoms with Crippen molar-refractivity contribution in [1.29, 1.82) is 0 Å². The molecule has 82 valence electrons. The van der Waals surface area contributed by atoms with Gasteiger partial charge in [0.15, 0.2) is 0 Å². The number of rotatable bonds is 4. The van der Waals surface area contributed by atoms with Crippen LogP contribution in [-0.4, -0.2) is 31.9 Å². The molecular weight excluding hydrogens is 256 g/mol. The summed E-state index contributed by atoms with van der Waals surface area (Å²) in [5.41, 5.74) is 1.65. The minimum Gasteiger partial charge on any atom is -0.377 e. The Bertz CT molecular complexity index is 339. The van der Waals surface area contributed by atoms with Crippen LogP contribution in [-0.2, 0) is 0 Å². The van der Waals surface area contributed by atoms with Gasteiger partial charge in [-0.05, 0) is 12.1 Å². The maximum Gasteiger partial charge on any atom is 0.253 e. The third-order valence-corrected chi connectivity index (χ3v) is 2.41. The number of carbonyl (C=O) groups excluding carboxylic acids is 1. The minimum atomic E-state index is -0.0289. The molecule has 0 aliphatic carbocycles. The van der Waals surface area contributed by atoms with E-state index < -0.39 is 0 Å². The molecule has 1 N–H and O–H groups in total. The first-order valence-electron chi connectivity index (χ1n) is 4.77. The Labute approximate surface area is 98.6 Å². The normalized spacial score (nSPS) is 9.80. The zero-order valence-electron chi connectivity index (χ0n) is 8.96. The third-order valence-electron chi connectivity index (χ3n) is 2.01. The molecule has 0 aromatic heterocycles. The molecule has 1 aromatic carbocycles. The summed E-state index contributed by atoms with van der Waals surface area (Å²) >= 11 is 3.27. The highest BCUT2D eigenvalue weighted by atomic mass is 79.9. The lowest BCUT2D eigenvalue weighted by atomic mass is 10.1. The van der Waals surface area contributed by atoms with E-state index in [1.165, 1.54) is 0 Å². The third kappa shape index (κ3) is 3.23. The minimum absolute atomic E-state index is 0.0289. The highest BCUT2D eigenvalue weighted by Crippen LogP contribution is 2.17. The molecule has 0 saturated carbocycles. The van der Waals surface area contributed by atoms with Gasteiger partial charge in [0.25, 0.3) is 5.91 Å². The largest absolute Gasteiger partial charge is 0.377 e. The fraction of sp³-hybridized carbons (Fsp3) is 0.364. The molecule has 1 amide bonds. The van der Waals surface area contributed by atoms with Gasteiger partial charge >= 0.3 is 0 Å². The smallest absolute Gasteiger partial charge is 0.253 e. The summed E-state index contributed by atoms with van der Waals surface area (Å²) in [5.74, 6) is -0.0289. The first kappa shape index (κ1) is 12.0. The van der Waals surface area contributed by atoms with Crippen molar-refractivity contribution in [2.75, 3.05) is 30.9 Å². The Morgan fingerprint density at radius 3 is 2.67 bits per heavy atom. The number of para-hydroxylation sites is 1. The lowest BCUT2D eigenvalue weighted by Crippen LogP contribution is -2.27. The van der Waals surface area contributed by atoms with Crippen LogP contribution < -0.4 is 10.2 Å². The molecule has 0 heterocycles. The Morgan fingerprint density at radius 2 is 2.07 bits per heavy atom. The predicted octanol–water partition coefficient (Wildman–Crippen LogP) is 1.88. The summed E-state index contributed by atoms with van der Waals surface area (Å²) in [5, 5.41) is 3.60. The van der Waals surface area contributed by atoms with Gasteiger partial charge in [0.2, 0.25) is 0 Å². The Kier molecular flexibility index (Phi) is 4.62. The van der Waals surface area contributed by atoms with Gasteiger partial charge in [0.1, 0.15) is 0 Å². The summed E-state index contributed by atoms with van der Waals surface area (Å²) in [6.07, 6.45) is 0. The van der Waals surface area contributed by atoms with Crippen LogP contribution in [0, 0.1) is 0 Å². The number of alkyl halides is 1. The van der Waals surface area contributed by atoms with E-state index >= 15 is 0 Å². The van der Waals surface area contributed by atoms with Crippen molar-refractivity contribution in [1.82, 2.24) is 5.32 Å². The summed E-state index contributed by atoms with van der Waals surface area (Å²) in [4.78, 5) is 13.7. The van der Waals surface area contributed by atoms with Crippen LogP contribution in [0.1, 0.15) is 10.4 Å². The molecular formula is C11H15BrN2O. The highest BCUT2D eigenvalue weighted by Gasteiger charge is 2.10. The number of halogens is 1. The van der Waals surface area contributed by atoms with Crippen molar-refractivity contribution >= 4 is 27.5 Å². The number of anilines is 1. The van der Waals surface area contributed by atoms with Crippen molar-refractivity contribution in [2.24, 2.45) is 0 Å². The van der Waals surface area contributed by atoms with E-state index in [1.807, 2.05) is 43.3 Å². The van der Waals surface area contributed by atoms with Gasteiger partial charge in [-0.15, -0.1) is 0 Å². The molecule has 0 fully saturated rings. The molecule has 0 radical (unpaired) electrons. The van der Waals surface area contributed by atoms with Crippen molar-refractivity contribution in [3.8, 4) is 0 Å². The molecule has 0 unspecified atom stereocenters. The molecule has 4 heteroatoms. The topological polar surface area (TPSA) is 32.3 Å². The lowest BCUT2D eigenvalue weighted by Gasteiger charge is -2.16. The second-order valence-corrected chi connectivity index (χ2v) is 4.15. The van der Waals surface area contributed by atoms with Crippen LogP contribution >= 0.6 is 15.9 Å². The number of hydrogen-bond donors (Lipinski definition) is 1. The molecule has 0 spiro atoms. The first-order chi connectivity index (χ1) is 7.16. The second-order valence-electron chi connectivity index (χ2n) is 3.36. The molecule has 1 aromatic rings. The van der Waals surface area contributed by atoms with E-state index in [1.54, 1.807) is 0 Å². The fourth-order valence-corrected chi connectivity index (χ4v) is 1.51. The van der Waals surface area contributed by atoms with Gasteiger partial charge in [-0.25, -0.2) is 0 Å². The van der Waals surface area contributed by atoms with Crippen LogP contribution in [0.3, 0.4) is 0 Å². The SMILES string of the molecule is CN(C)c1ccccc1C(=O)NCCBr. The number of carbonyl (C=O) groups is 1. The molecule has 0 aliphatic rings. The van der Waals surface area contributed by atoms with Crippen LogP contribution in [0.15, 0.2) is 24.3 Å². The standard InChI is InChI=1S/C11H15BrN2O/c1-14(2)10-6-4-3-5-9(10)11(15)13-8-7-12/h3-6H,7-8H2,1-2H3,(H,13,15). The van der Waals surface area contributed by atoms with Crippen molar-refractivity contribution in [3.05, 3.63) is 29.8 Å². The van der Waals surface area contributed by atoms with Gasteiger partial charge in [0.05, 0.1) is 5.56 Å². The molecule has 15 heavy (non-hydrogen) atoms. The van der Waals surface area contributed by atoms with E-state index in [0.717, 1.165) is 11.0 Å². The molecule has 0 saturated heterocycles. The number of hydrogen-bond acceptors (Lipinski definition) is 2. The monoisotopic (exact) mass is 270 g/mol. The molecule has 3 nitrogen and oxygen atoms in total. The second kappa shape index (κ2) is 5.75. The molecule has 0 atom stereocenters. The van der Waals surface area contributed by atoms with Gasteiger partial charge < -0.3 is 10.2 Å². The van der Waals surface area contributed by atoms with Gasteiger partial charge in [-0.3, -0.25) is 4.79 Å². The highest BCUT2D eigenvalue weighted by molar-refractivity contribution is 9.09. The zero-order valence-corrected chi connectivity index (χ0v) is 10.5. The first-order valence-corrected chi connectivity index (χ1v) is 5.89. The van der Waals surface area contributed by atoms with Gasteiger partial charge in [-0.1, -0.05) is 28.1 Å². The van der Waals surface area contributed by atoms with Crippen molar-refractivity contribution in [3.63, 3.8) is 0 Å². The number of nitrogens with zero attached hydrogens (tertiary/aromatic N) is 1. The van der Waals surface area contributed by atoms with Gasteiger partial charge in [-0.2, -0.15) is 0 Å².